The van der Waals surface area contributed by atoms with E-state index in [2.05, 4.69) is 20.4 Å². The highest BCUT2D eigenvalue weighted by Gasteiger charge is 2.18. The van der Waals surface area contributed by atoms with Gasteiger partial charge in [0, 0.05) is 18.2 Å². The normalized spacial score (nSPS) is 11.2. The Balaban J connectivity index is 1.70. The van der Waals surface area contributed by atoms with E-state index in [0.717, 1.165) is 6.42 Å². The lowest BCUT2D eigenvalue weighted by Crippen LogP contribution is -2.15. The Bertz CT molecular complexity index is 1200. The number of fused-ring (bicyclic) bond motifs is 1. The van der Waals surface area contributed by atoms with Crippen LogP contribution < -0.4 is 5.32 Å². The number of hydrogen-bond acceptors (Lipinski definition) is 3. The zero-order valence-corrected chi connectivity index (χ0v) is 16.9. The second-order valence-electron chi connectivity index (χ2n) is 6.43. The Hall–Kier alpha value is -2.90. The molecule has 4 aromatic rings. The summed E-state index contributed by atoms with van der Waals surface area (Å²) in [6.45, 7) is 2.71. The molecule has 0 aliphatic carbocycles. The number of halogens is 3. The van der Waals surface area contributed by atoms with E-state index in [1.807, 2.05) is 6.92 Å². The quantitative estimate of drug-likeness (QED) is 0.435. The van der Waals surface area contributed by atoms with Crippen LogP contribution in [0.15, 0.2) is 42.6 Å². The van der Waals surface area contributed by atoms with Crippen molar-refractivity contribution >= 4 is 46.0 Å². The number of aromatic amines is 1. The first-order valence-electron chi connectivity index (χ1n) is 8.94. The topological polar surface area (TPSA) is 75.6 Å². The molecule has 4 rings (SSSR count). The van der Waals surface area contributed by atoms with E-state index < -0.39 is 5.82 Å². The summed E-state index contributed by atoms with van der Waals surface area (Å²) < 4.78 is 15.9. The van der Waals surface area contributed by atoms with E-state index in [-0.39, 0.29) is 22.3 Å². The predicted molar refractivity (Wildman–Crippen MR) is 112 cm³/mol. The van der Waals surface area contributed by atoms with Crippen molar-refractivity contribution in [2.45, 2.75) is 19.9 Å². The van der Waals surface area contributed by atoms with Crippen molar-refractivity contribution in [3.63, 3.8) is 0 Å². The molecule has 0 bridgehead atoms. The predicted octanol–water partition coefficient (Wildman–Crippen LogP) is 5.53. The van der Waals surface area contributed by atoms with Crippen LogP contribution in [0, 0.1) is 5.82 Å². The van der Waals surface area contributed by atoms with Gasteiger partial charge in [0.2, 0.25) is 0 Å². The van der Waals surface area contributed by atoms with E-state index in [1.54, 1.807) is 29.1 Å². The molecule has 2 N–H and O–H groups in total. The third kappa shape index (κ3) is 3.71. The first-order chi connectivity index (χ1) is 14.0. The minimum atomic E-state index is -0.505. The lowest BCUT2D eigenvalue weighted by Gasteiger charge is -2.08. The van der Waals surface area contributed by atoms with E-state index in [0.29, 0.717) is 34.0 Å². The van der Waals surface area contributed by atoms with Crippen molar-refractivity contribution in [2.75, 3.05) is 5.32 Å². The lowest BCUT2D eigenvalue weighted by atomic mass is 10.2. The monoisotopic (exact) mass is 431 g/mol. The Labute approximate surface area is 175 Å². The first kappa shape index (κ1) is 19.4. The fourth-order valence-corrected chi connectivity index (χ4v) is 3.58. The highest BCUT2D eigenvalue weighted by Crippen LogP contribution is 2.32. The first-order valence-corrected chi connectivity index (χ1v) is 9.70. The SMILES string of the molecule is CCCn1nccc1NC(=O)c1cc(Cl)c2[nH]c(-c3c(F)cccc3Cl)nc2c1. The number of carbonyl (C=O) groups excluding carboxylic acids is 1. The maximum Gasteiger partial charge on any atom is 0.256 e. The molecule has 0 saturated carbocycles. The molecule has 0 saturated heterocycles. The number of nitrogens with zero attached hydrogens (tertiary/aromatic N) is 3. The van der Waals surface area contributed by atoms with E-state index in [1.165, 1.54) is 18.2 Å². The maximum atomic E-state index is 14.2. The smallest absolute Gasteiger partial charge is 0.256 e. The minimum absolute atomic E-state index is 0.149. The number of nitrogens with one attached hydrogen (secondary N) is 2. The number of hydrogen-bond donors (Lipinski definition) is 2. The molecule has 0 aliphatic heterocycles. The number of aryl methyl sites for hydroxylation is 1. The standard InChI is InChI=1S/C20H16Cl2FN5O/c1-2-8-28-16(6-7-24-28)26-20(29)11-9-13(22)18-15(10-11)25-19(27-18)17-12(21)4-3-5-14(17)23/h3-7,9-10H,2,8H2,1H3,(H,25,27)(H,26,29). The number of aromatic nitrogens is 4. The molecule has 0 atom stereocenters. The van der Waals surface area contributed by atoms with Gasteiger partial charge in [0.25, 0.3) is 5.91 Å². The van der Waals surface area contributed by atoms with Crippen LogP contribution >= 0.6 is 23.2 Å². The van der Waals surface area contributed by atoms with Gasteiger partial charge in [-0.3, -0.25) is 4.79 Å². The molecule has 29 heavy (non-hydrogen) atoms. The van der Waals surface area contributed by atoms with Crippen molar-refractivity contribution in [1.29, 1.82) is 0 Å². The van der Waals surface area contributed by atoms with Gasteiger partial charge in [-0.2, -0.15) is 5.10 Å². The zero-order valence-electron chi connectivity index (χ0n) is 15.3. The summed E-state index contributed by atoms with van der Waals surface area (Å²) in [5, 5.41) is 7.53. The Morgan fingerprint density at radius 3 is 2.83 bits per heavy atom. The van der Waals surface area contributed by atoms with Gasteiger partial charge in [-0.1, -0.05) is 36.2 Å². The summed E-state index contributed by atoms with van der Waals surface area (Å²) in [5.74, 6) is -0.0209. The van der Waals surface area contributed by atoms with Crippen LogP contribution in [0.4, 0.5) is 10.2 Å². The van der Waals surface area contributed by atoms with Crippen LogP contribution in [0.2, 0.25) is 10.0 Å². The Morgan fingerprint density at radius 1 is 1.24 bits per heavy atom. The van der Waals surface area contributed by atoms with Gasteiger partial charge >= 0.3 is 0 Å². The molecular formula is C20H16Cl2FN5O. The maximum absolute atomic E-state index is 14.2. The summed E-state index contributed by atoms with van der Waals surface area (Å²) >= 11 is 12.5. The number of anilines is 1. The summed E-state index contributed by atoms with van der Waals surface area (Å²) in [7, 11) is 0. The largest absolute Gasteiger partial charge is 0.337 e. The molecular weight excluding hydrogens is 416 g/mol. The number of H-pyrrole nitrogens is 1. The van der Waals surface area contributed by atoms with Crippen molar-refractivity contribution in [1.82, 2.24) is 19.7 Å². The van der Waals surface area contributed by atoms with Crippen LogP contribution in [0.25, 0.3) is 22.4 Å². The van der Waals surface area contributed by atoms with Crippen LogP contribution in [0.1, 0.15) is 23.7 Å². The Morgan fingerprint density at radius 2 is 2.07 bits per heavy atom. The second-order valence-corrected chi connectivity index (χ2v) is 7.24. The summed E-state index contributed by atoms with van der Waals surface area (Å²) in [5.41, 5.74) is 1.40. The van der Waals surface area contributed by atoms with Crippen molar-refractivity contribution in [3.05, 3.63) is 64.0 Å². The van der Waals surface area contributed by atoms with Gasteiger partial charge < -0.3 is 10.3 Å². The minimum Gasteiger partial charge on any atom is -0.337 e. The molecule has 1 amide bonds. The fourth-order valence-electron chi connectivity index (χ4n) is 3.06. The van der Waals surface area contributed by atoms with Crippen LogP contribution in [-0.2, 0) is 6.54 Å². The molecule has 0 radical (unpaired) electrons. The van der Waals surface area contributed by atoms with Crippen LogP contribution in [0.5, 0.6) is 0 Å². The molecule has 0 unspecified atom stereocenters. The number of imidazole rings is 1. The molecule has 2 aromatic carbocycles. The molecule has 0 fully saturated rings. The van der Waals surface area contributed by atoms with Crippen LogP contribution in [0.3, 0.4) is 0 Å². The molecule has 6 nitrogen and oxygen atoms in total. The van der Waals surface area contributed by atoms with E-state index >= 15 is 0 Å². The molecule has 2 aromatic heterocycles. The van der Waals surface area contributed by atoms with Crippen molar-refractivity contribution in [3.8, 4) is 11.4 Å². The summed E-state index contributed by atoms with van der Waals surface area (Å²) in [6, 6.07) is 9.24. The summed E-state index contributed by atoms with van der Waals surface area (Å²) in [6.07, 6.45) is 2.51. The molecule has 0 spiro atoms. The van der Waals surface area contributed by atoms with Gasteiger partial charge in [0.1, 0.15) is 17.5 Å². The molecule has 2 heterocycles. The number of carbonyl (C=O) groups is 1. The van der Waals surface area contributed by atoms with Gasteiger partial charge in [-0.15, -0.1) is 0 Å². The van der Waals surface area contributed by atoms with Gasteiger partial charge in [0.15, 0.2) is 0 Å². The van der Waals surface area contributed by atoms with Gasteiger partial charge in [0.05, 0.1) is 32.8 Å². The zero-order chi connectivity index (χ0) is 20.5. The molecule has 0 aliphatic rings. The van der Waals surface area contributed by atoms with Crippen molar-refractivity contribution < 1.29 is 9.18 Å². The van der Waals surface area contributed by atoms with E-state index in [4.69, 9.17) is 23.2 Å². The third-order valence-electron chi connectivity index (χ3n) is 4.40. The van der Waals surface area contributed by atoms with Gasteiger partial charge in [-0.05, 0) is 30.7 Å². The highest BCUT2D eigenvalue weighted by atomic mass is 35.5. The highest BCUT2D eigenvalue weighted by molar-refractivity contribution is 6.36. The van der Waals surface area contributed by atoms with E-state index in [9.17, 15) is 9.18 Å². The summed E-state index contributed by atoms with van der Waals surface area (Å²) in [4.78, 5) is 20.1. The number of rotatable bonds is 5. The lowest BCUT2D eigenvalue weighted by molar-refractivity contribution is 0.102. The fraction of sp³-hybridized carbons (Fsp3) is 0.150. The van der Waals surface area contributed by atoms with Crippen molar-refractivity contribution in [2.24, 2.45) is 0 Å². The average Bonchev–Trinajstić information content (AvgIpc) is 3.29. The van der Waals surface area contributed by atoms with Gasteiger partial charge in [-0.25, -0.2) is 14.1 Å². The third-order valence-corrected chi connectivity index (χ3v) is 5.01. The number of amides is 1. The average molecular weight is 432 g/mol. The molecule has 148 valence electrons. The van der Waals surface area contributed by atoms with Crippen LogP contribution in [-0.4, -0.2) is 25.7 Å². The molecule has 9 heteroatoms. The number of benzene rings is 2. The Kier molecular flexibility index (Phi) is 5.25. The second kappa shape index (κ2) is 7.85.